The zero-order valence-electron chi connectivity index (χ0n) is 17.4. The minimum Gasteiger partial charge on any atom is -0.317 e. The maximum atomic E-state index is 11.8. The molecule has 0 bridgehead atoms. The maximum absolute atomic E-state index is 11.8. The summed E-state index contributed by atoms with van der Waals surface area (Å²) in [6.45, 7) is 9.81. The molecule has 2 aromatic rings. The van der Waals surface area contributed by atoms with Crippen LogP contribution in [0.1, 0.15) is 64.9 Å². The van der Waals surface area contributed by atoms with Gasteiger partial charge in [0, 0.05) is 24.1 Å². The average Bonchev–Trinajstić information content (AvgIpc) is 2.63. The Kier molecular flexibility index (Phi) is 8.50. The van der Waals surface area contributed by atoms with Crippen molar-refractivity contribution in [1.82, 2.24) is 4.98 Å². The van der Waals surface area contributed by atoms with Crippen molar-refractivity contribution >= 4 is 0 Å². The third kappa shape index (κ3) is 6.82. The van der Waals surface area contributed by atoms with Crippen molar-refractivity contribution < 1.29 is 4.57 Å². The molecule has 0 fully saturated rings. The molecular formula is C24H35N2O+. The SMILES string of the molecule is CC/C=C(/C)CCCC(CCC)C[n+]1ccc(C)cc1-c1cccc(=O)[nH]1. The summed E-state index contributed by atoms with van der Waals surface area (Å²) in [7, 11) is 0. The fourth-order valence-corrected chi connectivity index (χ4v) is 3.76. The third-order valence-corrected chi connectivity index (χ3v) is 5.12. The molecule has 0 aromatic carbocycles. The first-order chi connectivity index (χ1) is 13.0. The maximum Gasteiger partial charge on any atom is 0.248 e. The fourth-order valence-electron chi connectivity index (χ4n) is 3.76. The summed E-state index contributed by atoms with van der Waals surface area (Å²) >= 11 is 0. The van der Waals surface area contributed by atoms with Crippen LogP contribution in [-0.4, -0.2) is 4.98 Å². The van der Waals surface area contributed by atoms with Gasteiger partial charge in [-0.2, -0.15) is 4.57 Å². The highest BCUT2D eigenvalue weighted by molar-refractivity contribution is 5.50. The molecule has 1 atom stereocenters. The molecule has 0 saturated carbocycles. The van der Waals surface area contributed by atoms with Crippen LogP contribution in [0.15, 0.2) is 53.0 Å². The lowest BCUT2D eigenvalue weighted by atomic mass is 9.95. The molecule has 27 heavy (non-hydrogen) atoms. The summed E-state index contributed by atoms with van der Waals surface area (Å²) < 4.78 is 2.31. The molecule has 1 unspecified atom stereocenters. The van der Waals surface area contributed by atoms with Crippen molar-refractivity contribution in [3.63, 3.8) is 0 Å². The molecule has 3 heteroatoms. The van der Waals surface area contributed by atoms with Crippen molar-refractivity contribution in [2.24, 2.45) is 5.92 Å². The number of aromatic amines is 1. The number of aromatic nitrogens is 2. The quantitative estimate of drug-likeness (QED) is 0.432. The second-order valence-corrected chi connectivity index (χ2v) is 7.68. The van der Waals surface area contributed by atoms with Gasteiger partial charge in [0.2, 0.25) is 11.3 Å². The van der Waals surface area contributed by atoms with Crippen LogP contribution in [-0.2, 0) is 6.54 Å². The first-order valence-corrected chi connectivity index (χ1v) is 10.4. The van der Waals surface area contributed by atoms with Crippen LogP contribution in [0.2, 0.25) is 0 Å². The van der Waals surface area contributed by atoms with Crippen LogP contribution in [0, 0.1) is 12.8 Å². The highest BCUT2D eigenvalue weighted by Gasteiger charge is 2.19. The highest BCUT2D eigenvalue weighted by Crippen LogP contribution is 2.20. The van der Waals surface area contributed by atoms with Crippen LogP contribution in [0.3, 0.4) is 0 Å². The van der Waals surface area contributed by atoms with Gasteiger partial charge >= 0.3 is 0 Å². The standard InChI is InChI=1S/C24H34N2O/c1-5-9-19(3)11-7-12-21(10-6-2)18-26-16-15-20(4)17-23(26)22-13-8-14-24(27)25-22/h8-9,13-17,21H,5-7,10-12,18H2,1-4H3/p+1/b19-9-. The average molecular weight is 368 g/mol. The van der Waals surface area contributed by atoms with Crippen molar-refractivity contribution in [3.05, 3.63) is 64.1 Å². The lowest BCUT2D eigenvalue weighted by molar-refractivity contribution is -0.693. The zero-order chi connectivity index (χ0) is 19.6. The summed E-state index contributed by atoms with van der Waals surface area (Å²) in [6, 6.07) is 9.70. The molecule has 0 amide bonds. The van der Waals surface area contributed by atoms with Crippen molar-refractivity contribution in [1.29, 1.82) is 0 Å². The Balaban J connectivity index is 2.17. The van der Waals surface area contributed by atoms with Crippen LogP contribution >= 0.6 is 0 Å². The second kappa shape index (κ2) is 10.9. The van der Waals surface area contributed by atoms with Gasteiger partial charge in [0.15, 0.2) is 12.7 Å². The molecule has 2 aromatic heterocycles. The summed E-state index contributed by atoms with van der Waals surface area (Å²) in [5.41, 5.74) is 4.65. The van der Waals surface area contributed by atoms with Crippen LogP contribution < -0.4 is 10.1 Å². The molecule has 2 heterocycles. The van der Waals surface area contributed by atoms with E-state index in [1.165, 1.54) is 43.2 Å². The predicted octanol–water partition coefficient (Wildman–Crippen LogP) is 5.58. The monoisotopic (exact) mass is 367 g/mol. The lowest BCUT2D eigenvalue weighted by Gasteiger charge is -2.15. The Morgan fingerprint density at radius 2 is 2.04 bits per heavy atom. The van der Waals surface area contributed by atoms with E-state index >= 15 is 0 Å². The number of rotatable bonds is 10. The molecule has 3 nitrogen and oxygen atoms in total. The van der Waals surface area contributed by atoms with Gasteiger partial charge in [0.25, 0.3) is 0 Å². The molecule has 146 valence electrons. The van der Waals surface area contributed by atoms with Crippen molar-refractivity contribution in [2.45, 2.75) is 72.8 Å². The first kappa shape index (κ1) is 21.1. The normalized spacial score (nSPS) is 13.0. The molecule has 0 radical (unpaired) electrons. The summed E-state index contributed by atoms with van der Waals surface area (Å²) in [5, 5.41) is 0. The lowest BCUT2D eigenvalue weighted by Crippen LogP contribution is -2.40. The van der Waals surface area contributed by atoms with E-state index in [0.717, 1.165) is 24.4 Å². The Hall–Kier alpha value is -2.16. The van der Waals surface area contributed by atoms with Gasteiger partial charge in [-0.15, -0.1) is 0 Å². The summed E-state index contributed by atoms with van der Waals surface area (Å²) in [5.74, 6) is 0.659. The summed E-state index contributed by atoms with van der Waals surface area (Å²) in [4.78, 5) is 14.8. The second-order valence-electron chi connectivity index (χ2n) is 7.68. The van der Waals surface area contributed by atoms with E-state index in [9.17, 15) is 4.79 Å². The predicted molar refractivity (Wildman–Crippen MR) is 114 cm³/mol. The van der Waals surface area contributed by atoms with Gasteiger partial charge in [0.1, 0.15) is 5.69 Å². The number of nitrogens with zero attached hydrogens (tertiary/aromatic N) is 1. The Morgan fingerprint density at radius 1 is 1.22 bits per heavy atom. The number of pyridine rings is 2. The summed E-state index contributed by atoms with van der Waals surface area (Å²) in [6.07, 6.45) is 11.8. The molecule has 0 spiro atoms. The first-order valence-electron chi connectivity index (χ1n) is 10.4. The van der Waals surface area contributed by atoms with Crippen LogP contribution in [0.5, 0.6) is 0 Å². The third-order valence-electron chi connectivity index (χ3n) is 5.12. The van der Waals surface area contributed by atoms with E-state index in [-0.39, 0.29) is 5.56 Å². The van der Waals surface area contributed by atoms with E-state index in [4.69, 9.17) is 0 Å². The molecular weight excluding hydrogens is 332 g/mol. The van der Waals surface area contributed by atoms with Crippen molar-refractivity contribution in [2.75, 3.05) is 0 Å². The van der Waals surface area contributed by atoms with Gasteiger partial charge in [0.05, 0.1) is 0 Å². The van der Waals surface area contributed by atoms with Gasteiger partial charge in [-0.1, -0.05) is 38.0 Å². The smallest absolute Gasteiger partial charge is 0.248 e. The largest absolute Gasteiger partial charge is 0.317 e. The number of H-pyrrole nitrogens is 1. The van der Waals surface area contributed by atoms with Gasteiger partial charge in [-0.05, 0) is 57.6 Å². The number of allylic oxidation sites excluding steroid dienone is 2. The van der Waals surface area contributed by atoms with E-state index in [1.807, 2.05) is 12.1 Å². The number of hydrogen-bond acceptors (Lipinski definition) is 1. The zero-order valence-corrected chi connectivity index (χ0v) is 17.4. The Labute approximate surface area is 164 Å². The van der Waals surface area contributed by atoms with Gasteiger partial charge in [-0.3, -0.25) is 4.79 Å². The Bertz CT molecular complexity index is 804. The molecule has 0 aliphatic rings. The highest BCUT2D eigenvalue weighted by atomic mass is 16.1. The van der Waals surface area contributed by atoms with E-state index in [1.54, 1.807) is 6.07 Å². The molecule has 1 N–H and O–H groups in total. The van der Waals surface area contributed by atoms with E-state index in [0.29, 0.717) is 5.92 Å². The van der Waals surface area contributed by atoms with Gasteiger partial charge < -0.3 is 4.98 Å². The van der Waals surface area contributed by atoms with Crippen LogP contribution in [0.4, 0.5) is 0 Å². The van der Waals surface area contributed by atoms with Crippen molar-refractivity contribution in [3.8, 4) is 11.4 Å². The molecule has 2 rings (SSSR count). The fraction of sp³-hybridized carbons (Fsp3) is 0.500. The number of aryl methyl sites for hydroxylation is 1. The van der Waals surface area contributed by atoms with Crippen LogP contribution in [0.25, 0.3) is 11.4 Å². The van der Waals surface area contributed by atoms with E-state index in [2.05, 4.69) is 61.7 Å². The minimum atomic E-state index is -0.0520. The number of nitrogens with one attached hydrogen (secondary N) is 1. The molecule has 0 saturated heterocycles. The topological polar surface area (TPSA) is 36.7 Å². The van der Waals surface area contributed by atoms with E-state index < -0.39 is 0 Å². The molecule has 0 aliphatic heterocycles. The number of hydrogen-bond donors (Lipinski definition) is 1. The van der Waals surface area contributed by atoms with Gasteiger partial charge in [-0.25, -0.2) is 0 Å². The minimum absolute atomic E-state index is 0.0520. The Morgan fingerprint density at radius 3 is 2.74 bits per heavy atom. The molecule has 0 aliphatic carbocycles.